The van der Waals surface area contributed by atoms with E-state index in [2.05, 4.69) is 51.7 Å². The van der Waals surface area contributed by atoms with Crippen LogP contribution in [0.5, 0.6) is 5.75 Å². The zero-order valence-corrected chi connectivity index (χ0v) is 18.0. The summed E-state index contributed by atoms with van der Waals surface area (Å²) in [4.78, 5) is 18.5. The molecule has 6 heteroatoms. The number of amides is 1. The van der Waals surface area contributed by atoms with E-state index >= 15 is 0 Å². The van der Waals surface area contributed by atoms with Crippen molar-refractivity contribution in [2.24, 2.45) is 5.92 Å². The fourth-order valence-electron chi connectivity index (χ4n) is 3.72. The molecule has 1 amide bonds. The molecule has 0 aliphatic carbocycles. The number of ether oxygens (including phenoxy) is 1. The molecule has 1 N–H and O–H groups in total. The number of rotatable bonds is 7. The van der Waals surface area contributed by atoms with Gasteiger partial charge in [-0.1, -0.05) is 19.9 Å². The van der Waals surface area contributed by atoms with Crippen molar-refractivity contribution in [1.29, 1.82) is 0 Å². The first-order valence-corrected chi connectivity index (χ1v) is 10.8. The summed E-state index contributed by atoms with van der Waals surface area (Å²) in [6.45, 7) is 9.89. The van der Waals surface area contributed by atoms with E-state index < -0.39 is 0 Å². The molecule has 152 valence electrons. The third kappa shape index (κ3) is 4.86. The zero-order chi connectivity index (χ0) is 20.1. The van der Waals surface area contributed by atoms with Crippen molar-refractivity contribution < 1.29 is 9.53 Å². The van der Waals surface area contributed by atoms with Crippen molar-refractivity contribution in [2.75, 3.05) is 38.2 Å². The number of piperazine rings is 1. The van der Waals surface area contributed by atoms with Crippen molar-refractivity contribution in [3.8, 4) is 5.75 Å². The van der Waals surface area contributed by atoms with Crippen LogP contribution in [-0.4, -0.2) is 50.1 Å². The summed E-state index contributed by atoms with van der Waals surface area (Å²) in [7, 11) is 1.69. The Morgan fingerprint density at radius 1 is 1.07 bits per heavy atom. The minimum Gasteiger partial charge on any atom is -0.497 e. The lowest BCUT2D eigenvalue weighted by molar-refractivity contribution is -0.125. The van der Waals surface area contributed by atoms with Gasteiger partial charge in [-0.05, 0) is 42.6 Å². The van der Waals surface area contributed by atoms with E-state index in [1.165, 1.54) is 10.6 Å². The SMILES string of the molecule is COc1ccc(N2CCN([C@@H](c3cccs3)[C@@H](C)NC(=O)C(C)C)CC2)cc1. The summed E-state index contributed by atoms with van der Waals surface area (Å²) in [6.07, 6.45) is 0. The number of hydrogen-bond acceptors (Lipinski definition) is 5. The van der Waals surface area contributed by atoms with E-state index in [1.54, 1.807) is 18.4 Å². The molecular formula is C22H31N3O2S. The Balaban J connectivity index is 1.68. The number of benzene rings is 1. The summed E-state index contributed by atoms with van der Waals surface area (Å²) >= 11 is 1.77. The van der Waals surface area contributed by atoms with E-state index in [-0.39, 0.29) is 23.9 Å². The summed E-state index contributed by atoms with van der Waals surface area (Å²) in [5, 5.41) is 5.34. The van der Waals surface area contributed by atoms with Crippen molar-refractivity contribution in [1.82, 2.24) is 10.2 Å². The Kier molecular flexibility index (Phi) is 6.97. The molecule has 1 aromatic carbocycles. The van der Waals surface area contributed by atoms with Gasteiger partial charge in [-0.25, -0.2) is 0 Å². The fraction of sp³-hybridized carbons (Fsp3) is 0.500. The van der Waals surface area contributed by atoms with Crippen LogP contribution in [0.1, 0.15) is 31.7 Å². The average Bonchev–Trinajstić information content (AvgIpc) is 3.23. The minimum absolute atomic E-state index is 0.00152. The molecule has 0 unspecified atom stereocenters. The predicted octanol–water partition coefficient (Wildman–Crippen LogP) is 3.78. The molecule has 0 spiro atoms. The lowest BCUT2D eigenvalue weighted by Crippen LogP contribution is -2.52. The number of carbonyl (C=O) groups is 1. The number of nitrogens with one attached hydrogen (secondary N) is 1. The van der Waals surface area contributed by atoms with E-state index in [0.717, 1.165) is 31.9 Å². The second kappa shape index (κ2) is 9.43. The van der Waals surface area contributed by atoms with Crippen LogP contribution in [0.3, 0.4) is 0 Å². The fourth-order valence-corrected chi connectivity index (χ4v) is 4.69. The summed E-state index contributed by atoms with van der Waals surface area (Å²) in [5.41, 5.74) is 1.23. The van der Waals surface area contributed by atoms with Gasteiger partial charge < -0.3 is 15.0 Å². The molecule has 2 atom stereocenters. The van der Waals surface area contributed by atoms with Gasteiger partial charge in [-0.2, -0.15) is 0 Å². The van der Waals surface area contributed by atoms with Crippen molar-refractivity contribution >= 4 is 22.9 Å². The number of methoxy groups -OCH3 is 1. The molecule has 28 heavy (non-hydrogen) atoms. The Labute approximate surface area is 172 Å². The summed E-state index contributed by atoms with van der Waals surface area (Å²) < 4.78 is 5.26. The monoisotopic (exact) mass is 401 g/mol. The molecule has 2 heterocycles. The van der Waals surface area contributed by atoms with Crippen LogP contribution in [0.4, 0.5) is 5.69 Å². The molecule has 0 radical (unpaired) electrons. The van der Waals surface area contributed by atoms with Crippen LogP contribution in [0, 0.1) is 5.92 Å². The summed E-state index contributed by atoms with van der Waals surface area (Å²) in [6, 6.07) is 12.8. The van der Waals surface area contributed by atoms with E-state index in [0.29, 0.717) is 0 Å². The van der Waals surface area contributed by atoms with Gasteiger partial charge in [-0.3, -0.25) is 9.69 Å². The third-order valence-electron chi connectivity index (χ3n) is 5.35. The lowest BCUT2D eigenvalue weighted by atomic mass is 10.0. The Bertz CT molecular complexity index is 738. The molecule has 3 rings (SSSR count). The second-order valence-electron chi connectivity index (χ2n) is 7.63. The molecule has 5 nitrogen and oxygen atoms in total. The Hall–Kier alpha value is -2.05. The molecule has 0 saturated carbocycles. The van der Waals surface area contributed by atoms with Gasteiger partial charge in [0.25, 0.3) is 0 Å². The van der Waals surface area contributed by atoms with Gasteiger partial charge in [0, 0.05) is 48.7 Å². The first-order valence-electron chi connectivity index (χ1n) is 9.96. The van der Waals surface area contributed by atoms with Crippen LogP contribution < -0.4 is 15.0 Å². The first kappa shape index (κ1) is 20.7. The van der Waals surface area contributed by atoms with Crippen molar-refractivity contribution in [3.63, 3.8) is 0 Å². The number of carbonyl (C=O) groups excluding carboxylic acids is 1. The normalized spacial score (nSPS) is 17.4. The highest BCUT2D eigenvalue weighted by Crippen LogP contribution is 2.30. The quantitative estimate of drug-likeness (QED) is 0.767. The lowest BCUT2D eigenvalue weighted by Gasteiger charge is -2.42. The van der Waals surface area contributed by atoms with Crippen LogP contribution in [0.15, 0.2) is 41.8 Å². The molecule has 1 fully saturated rings. The highest BCUT2D eigenvalue weighted by molar-refractivity contribution is 7.10. The average molecular weight is 402 g/mol. The molecule has 1 saturated heterocycles. The van der Waals surface area contributed by atoms with E-state index in [9.17, 15) is 4.79 Å². The highest BCUT2D eigenvalue weighted by Gasteiger charge is 2.31. The Morgan fingerprint density at radius 3 is 2.29 bits per heavy atom. The molecule has 2 aromatic rings. The first-order chi connectivity index (χ1) is 13.5. The van der Waals surface area contributed by atoms with Gasteiger partial charge >= 0.3 is 0 Å². The van der Waals surface area contributed by atoms with Crippen LogP contribution in [0.2, 0.25) is 0 Å². The third-order valence-corrected chi connectivity index (χ3v) is 6.29. The van der Waals surface area contributed by atoms with Crippen molar-refractivity contribution in [2.45, 2.75) is 32.9 Å². The molecule has 1 aliphatic heterocycles. The Morgan fingerprint density at radius 2 is 1.75 bits per heavy atom. The zero-order valence-electron chi connectivity index (χ0n) is 17.2. The highest BCUT2D eigenvalue weighted by atomic mass is 32.1. The molecular weight excluding hydrogens is 370 g/mol. The van der Waals surface area contributed by atoms with Crippen LogP contribution in [-0.2, 0) is 4.79 Å². The smallest absolute Gasteiger partial charge is 0.222 e. The molecule has 1 aromatic heterocycles. The van der Waals surface area contributed by atoms with Gasteiger partial charge in [0.2, 0.25) is 5.91 Å². The van der Waals surface area contributed by atoms with E-state index in [1.807, 2.05) is 26.0 Å². The second-order valence-corrected chi connectivity index (χ2v) is 8.61. The summed E-state index contributed by atoms with van der Waals surface area (Å²) in [5.74, 6) is 0.999. The predicted molar refractivity (Wildman–Crippen MR) is 116 cm³/mol. The van der Waals surface area contributed by atoms with Crippen LogP contribution >= 0.6 is 11.3 Å². The number of hydrogen-bond donors (Lipinski definition) is 1. The molecule has 0 bridgehead atoms. The minimum atomic E-state index is -0.00152. The topological polar surface area (TPSA) is 44.8 Å². The van der Waals surface area contributed by atoms with Gasteiger partial charge in [0.1, 0.15) is 5.75 Å². The standard InChI is InChI=1S/C22H31N3O2S/c1-16(2)22(26)23-17(3)21(20-6-5-15-28-20)25-13-11-24(12-14-25)18-7-9-19(27-4)10-8-18/h5-10,15-17,21H,11-14H2,1-4H3,(H,23,26)/t17-,21-/m1/s1. The van der Waals surface area contributed by atoms with Gasteiger partial charge in [-0.15, -0.1) is 11.3 Å². The van der Waals surface area contributed by atoms with Gasteiger partial charge in [0.15, 0.2) is 0 Å². The van der Waals surface area contributed by atoms with Crippen LogP contribution in [0.25, 0.3) is 0 Å². The van der Waals surface area contributed by atoms with Gasteiger partial charge in [0.05, 0.1) is 13.2 Å². The maximum atomic E-state index is 12.3. The van der Waals surface area contributed by atoms with E-state index in [4.69, 9.17) is 4.74 Å². The maximum Gasteiger partial charge on any atom is 0.222 e. The number of thiophene rings is 1. The number of anilines is 1. The largest absolute Gasteiger partial charge is 0.497 e. The number of nitrogens with zero attached hydrogens (tertiary/aromatic N) is 2. The van der Waals surface area contributed by atoms with Crippen molar-refractivity contribution in [3.05, 3.63) is 46.7 Å². The molecule has 1 aliphatic rings. The maximum absolute atomic E-state index is 12.3.